The van der Waals surface area contributed by atoms with Gasteiger partial charge in [-0.05, 0) is 23.5 Å². The summed E-state index contributed by atoms with van der Waals surface area (Å²) < 4.78 is 0. The van der Waals surface area contributed by atoms with Crippen LogP contribution in [0.5, 0.6) is 0 Å². The fraction of sp³-hybridized carbons (Fsp3) is 0.389. The van der Waals surface area contributed by atoms with E-state index < -0.39 is 53.9 Å². The second-order valence-corrected chi connectivity index (χ2v) is 6.68. The number of amides is 1. The highest BCUT2D eigenvalue weighted by molar-refractivity contribution is 6.40. The maximum atomic E-state index is 12.4. The number of fused-ring (bicyclic) bond motifs is 1. The average Bonchev–Trinajstić information content (AvgIpc) is 2.92. The number of carboxylic acids is 3. The van der Waals surface area contributed by atoms with Crippen LogP contribution in [0.4, 0.5) is 5.69 Å². The molecule has 2 rings (SSSR count). The number of benzene rings is 1. The molecule has 27 heavy (non-hydrogen) atoms. The third-order valence-corrected chi connectivity index (χ3v) is 4.77. The molecule has 0 saturated heterocycles. The Hall–Kier alpha value is -3.23. The lowest BCUT2D eigenvalue weighted by Crippen LogP contribution is -2.50. The molecule has 144 valence electrons. The van der Waals surface area contributed by atoms with E-state index >= 15 is 0 Å². The van der Waals surface area contributed by atoms with E-state index in [-0.39, 0.29) is 17.2 Å². The minimum atomic E-state index is -1.78. The lowest BCUT2D eigenvalue weighted by atomic mass is 9.77. The van der Waals surface area contributed by atoms with Crippen LogP contribution in [0, 0.1) is 11.8 Å². The number of carbonyl (C=O) groups excluding carboxylic acids is 2. The van der Waals surface area contributed by atoms with Gasteiger partial charge in [0.25, 0.3) is 0 Å². The first-order valence-corrected chi connectivity index (χ1v) is 8.22. The Morgan fingerprint density at radius 2 is 1.59 bits per heavy atom. The van der Waals surface area contributed by atoms with Crippen molar-refractivity contribution in [1.29, 1.82) is 0 Å². The summed E-state index contributed by atoms with van der Waals surface area (Å²) in [5, 5.41) is 27.7. The molecule has 0 aromatic heterocycles. The van der Waals surface area contributed by atoms with Crippen LogP contribution in [-0.2, 0) is 24.0 Å². The Morgan fingerprint density at radius 1 is 1.00 bits per heavy atom. The molecular formula is C18H19NO8. The molecule has 3 N–H and O–H groups in total. The summed E-state index contributed by atoms with van der Waals surface area (Å²) in [6.45, 7) is 3.34. The van der Waals surface area contributed by atoms with Gasteiger partial charge in [0.15, 0.2) is 0 Å². The van der Waals surface area contributed by atoms with Crippen molar-refractivity contribution in [3.63, 3.8) is 0 Å². The van der Waals surface area contributed by atoms with Gasteiger partial charge < -0.3 is 15.3 Å². The van der Waals surface area contributed by atoms with Gasteiger partial charge in [-0.3, -0.25) is 19.3 Å². The molecule has 3 unspecified atom stereocenters. The van der Waals surface area contributed by atoms with Crippen LogP contribution < -0.4 is 4.90 Å². The molecule has 1 aliphatic rings. The smallest absolute Gasteiger partial charge is 0.394 e. The predicted molar refractivity (Wildman–Crippen MR) is 91.3 cm³/mol. The molecule has 9 heteroatoms. The number of aliphatic carboxylic acids is 3. The van der Waals surface area contributed by atoms with Crippen molar-refractivity contribution < 1.29 is 39.3 Å². The van der Waals surface area contributed by atoms with Crippen LogP contribution >= 0.6 is 0 Å². The third-order valence-electron chi connectivity index (χ3n) is 4.77. The molecule has 9 nitrogen and oxygen atoms in total. The molecule has 1 heterocycles. The maximum Gasteiger partial charge on any atom is 0.394 e. The van der Waals surface area contributed by atoms with E-state index in [1.165, 1.54) is 24.3 Å². The van der Waals surface area contributed by atoms with Gasteiger partial charge in [0.1, 0.15) is 0 Å². The Balaban J connectivity index is 2.73. The van der Waals surface area contributed by atoms with E-state index in [1.807, 2.05) is 0 Å². The number of hydrogen-bond donors (Lipinski definition) is 3. The van der Waals surface area contributed by atoms with Crippen molar-refractivity contribution >= 4 is 35.3 Å². The Bertz CT molecular complexity index is 762. The van der Waals surface area contributed by atoms with E-state index in [0.29, 0.717) is 0 Å². The van der Waals surface area contributed by atoms with Crippen LogP contribution in [-0.4, -0.2) is 51.0 Å². The van der Waals surface area contributed by atoms with Gasteiger partial charge in [0, 0.05) is 5.69 Å². The molecule has 0 radical (unpaired) electrons. The van der Waals surface area contributed by atoms with Crippen LogP contribution in [0.15, 0.2) is 24.3 Å². The fourth-order valence-corrected chi connectivity index (χ4v) is 3.63. The predicted octanol–water partition coefficient (Wildman–Crippen LogP) is 0.971. The molecule has 0 saturated carbocycles. The standard InChI is InChI=1S/C18H19NO8/c1-8(2)10(7-12(20)21)14-13(15(22)17(24)25)9-5-3-4-6-11(9)19(14)16(23)18(26)27/h3-6,8,10,13-14H,7H2,1-2H3,(H,20,21)(H,24,25)(H,26,27). The van der Waals surface area contributed by atoms with Crippen molar-refractivity contribution in [2.45, 2.75) is 32.2 Å². The summed E-state index contributed by atoms with van der Waals surface area (Å²) in [6.07, 6.45) is -0.455. The maximum absolute atomic E-state index is 12.4. The largest absolute Gasteiger partial charge is 0.481 e. The lowest BCUT2D eigenvalue weighted by molar-refractivity contribution is -0.151. The van der Waals surface area contributed by atoms with E-state index in [4.69, 9.17) is 0 Å². The van der Waals surface area contributed by atoms with Crippen molar-refractivity contribution in [2.75, 3.05) is 4.90 Å². The summed E-state index contributed by atoms with van der Waals surface area (Å²) in [7, 11) is 0. The normalized spacial score (nSPS) is 19.4. The van der Waals surface area contributed by atoms with Gasteiger partial charge in [-0.25, -0.2) is 9.59 Å². The lowest BCUT2D eigenvalue weighted by Gasteiger charge is -2.35. The van der Waals surface area contributed by atoms with Crippen LogP contribution in [0.3, 0.4) is 0 Å². The van der Waals surface area contributed by atoms with Gasteiger partial charge >= 0.3 is 23.8 Å². The summed E-state index contributed by atoms with van der Waals surface area (Å²) >= 11 is 0. The van der Waals surface area contributed by atoms with Gasteiger partial charge in [0.05, 0.1) is 18.4 Å². The molecule has 0 aliphatic carbocycles. The van der Waals surface area contributed by atoms with Gasteiger partial charge in [-0.15, -0.1) is 0 Å². The van der Waals surface area contributed by atoms with Crippen LogP contribution in [0.2, 0.25) is 0 Å². The van der Waals surface area contributed by atoms with Crippen LogP contribution in [0.25, 0.3) is 0 Å². The number of rotatable bonds is 6. The molecule has 1 amide bonds. The zero-order valence-electron chi connectivity index (χ0n) is 14.7. The summed E-state index contributed by atoms with van der Waals surface area (Å²) in [4.78, 5) is 59.8. The zero-order valence-corrected chi connectivity index (χ0v) is 14.7. The number of nitrogens with zero attached hydrogens (tertiary/aromatic N) is 1. The van der Waals surface area contributed by atoms with E-state index in [0.717, 1.165) is 4.90 Å². The van der Waals surface area contributed by atoms with Crippen molar-refractivity contribution in [3.05, 3.63) is 29.8 Å². The number of ketones is 1. The zero-order chi connectivity index (χ0) is 20.5. The molecule has 1 aromatic carbocycles. The van der Waals surface area contributed by atoms with Gasteiger partial charge in [-0.2, -0.15) is 0 Å². The fourth-order valence-electron chi connectivity index (χ4n) is 3.63. The molecule has 1 aromatic rings. The Labute approximate surface area is 154 Å². The second-order valence-electron chi connectivity index (χ2n) is 6.68. The monoisotopic (exact) mass is 377 g/mol. The minimum Gasteiger partial charge on any atom is -0.481 e. The number of hydrogen-bond acceptors (Lipinski definition) is 5. The van der Waals surface area contributed by atoms with E-state index in [1.54, 1.807) is 13.8 Å². The number of Topliss-reactive ketones (excluding diaryl/α,β-unsaturated/α-hetero) is 1. The first-order chi connectivity index (χ1) is 12.6. The van der Waals surface area contributed by atoms with Crippen molar-refractivity contribution in [1.82, 2.24) is 0 Å². The second kappa shape index (κ2) is 7.56. The Morgan fingerprint density at radius 3 is 2.07 bits per heavy atom. The van der Waals surface area contributed by atoms with Crippen molar-refractivity contribution in [3.8, 4) is 0 Å². The third kappa shape index (κ3) is 3.67. The van der Waals surface area contributed by atoms with Crippen molar-refractivity contribution in [2.24, 2.45) is 11.8 Å². The number of carboxylic acid groups (broad SMARTS) is 3. The number of anilines is 1. The van der Waals surface area contributed by atoms with E-state index in [2.05, 4.69) is 0 Å². The first kappa shape index (κ1) is 20.1. The summed E-state index contributed by atoms with van der Waals surface area (Å²) in [6, 6.07) is 4.68. The molecule has 1 aliphatic heterocycles. The highest BCUT2D eigenvalue weighted by atomic mass is 16.4. The molecule has 0 spiro atoms. The SMILES string of the molecule is CC(C)C(CC(=O)O)C1C(C(=O)C(=O)O)c2ccccc2N1C(=O)C(=O)O. The number of para-hydroxylation sites is 1. The highest BCUT2D eigenvalue weighted by Gasteiger charge is 2.52. The molecule has 0 bridgehead atoms. The van der Waals surface area contributed by atoms with E-state index in [9.17, 15) is 39.3 Å². The minimum absolute atomic E-state index is 0.102. The van der Waals surface area contributed by atoms with Gasteiger partial charge in [-0.1, -0.05) is 32.0 Å². The molecule has 0 fully saturated rings. The molecular weight excluding hydrogens is 358 g/mol. The Kier molecular flexibility index (Phi) is 5.63. The average molecular weight is 377 g/mol. The van der Waals surface area contributed by atoms with Crippen LogP contribution in [0.1, 0.15) is 31.7 Å². The number of carbonyl (C=O) groups is 5. The summed E-state index contributed by atoms with van der Waals surface area (Å²) in [5.74, 6) is -9.84. The quantitative estimate of drug-likeness (QED) is 0.621. The van der Waals surface area contributed by atoms with Gasteiger partial charge in [0.2, 0.25) is 5.78 Å². The molecule has 3 atom stereocenters. The topological polar surface area (TPSA) is 149 Å². The first-order valence-electron chi connectivity index (χ1n) is 8.22. The summed E-state index contributed by atoms with van der Waals surface area (Å²) in [5.41, 5.74) is 0.297. The highest BCUT2D eigenvalue weighted by Crippen LogP contribution is 2.46.